The van der Waals surface area contributed by atoms with Gasteiger partial charge in [-0.05, 0) is 61.4 Å². The van der Waals surface area contributed by atoms with Crippen LogP contribution in [0.4, 0.5) is 5.69 Å². The number of carbonyl (C=O) groups is 1. The Morgan fingerprint density at radius 3 is 2.35 bits per heavy atom. The summed E-state index contributed by atoms with van der Waals surface area (Å²) in [6.07, 6.45) is 0. The van der Waals surface area contributed by atoms with Crippen LogP contribution >= 0.6 is 11.6 Å². The average Bonchev–Trinajstić information content (AvgIpc) is 2.76. The van der Waals surface area contributed by atoms with E-state index in [0.29, 0.717) is 16.5 Å². The Morgan fingerprint density at radius 2 is 1.68 bits per heavy atom. The summed E-state index contributed by atoms with van der Waals surface area (Å²) in [6, 6.07) is 20.1. The monoisotopic (exact) mass is 458 g/mol. The van der Waals surface area contributed by atoms with E-state index in [1.807, 2.05) is 37.3 Å². The Labute approximate surface area is 187 Å². The highest BCUT2D eigenvalue weighted by Gasteiger charge is 2.18. The van der Waals surface area contributed by atoms with Crippen LogP contribution in [0.3, 0.4) is 0 Å². The lowest BCUT2D eigenvalue weighted by atomic mass is 10.1. The molecule has 0 aliphatic heterocycles. The molecule has 8 heteroatoms. The number of hydrogen-bond donors (Lipinski definition) is 2. The quantitative estimate of drug-likeness (QED) is 0.512. The number of halogens is 1. The molecule has 1 atom stereocenters. The third kappa shape index (κ3) is 6.07. The van der Waals surface area contributed by atoms with E-state index in [9.17, 15) is 13.2 Å². The van der Waals surface area contributed by atoms with Crippen molar-refractivity contribution in [2.45, 2.75) is 24.8 Å². The van der Waals surface area contributed by atoms with Gasteiger partial charge in [0.2, 0.25) is 10.0 Å². The van der Waals surface area contributed by atoms with E-state index in [4.69, 9.17) is 16.3 Å². The Balaban J connectivity index is 1.58. The molecule has 1 amide bonds. The van der Waals surface area contributed by atoms with E-state index < -0.39 is 10.0 Å². The first-order chi connectivity index (χ1) is 14.8. The van der Waals surface area contributed by atoms with Gasteiger partial charge in [0, 0.05) is 16.8 Å². The number of ether oxygens (including phenoxy) is 1. The molecule has 3 aromatic rings. The minimum Gasteiger partial charge on any atom is -0.484 e. The molecular formula is C23H23ClN2O4S. The summed E-state index contributed by atoms with van der Waals surface area (Å²) in [6.45, 7) is 3.37. The molecule has 0 saturated carbocycles. The predicted octanol–water partition coefficient (Wildman–Crippen LogP) is 4.71. The van der Waals surface area contributed by atoms with Crippen LogP contribution in [0.25, 0.3) is 0 Å². The summed E-state index contributed by atoms with van der Waals surface area (Å²) in [5, 5.41) is 3.30. The number of nitrogens with one attached hydrogen (secondary N) is 2. The molecule has 31 heavy (non-hydrogen) atoms. The first-order valence-corrected chi connectivity index (χ1v) is 11.5. The van der Waals surface area contributed by atoms with Gasteiger partial charge in [0.05, 0.1) is 4.90 Å². The van der Waals surface area contributed by atoms with E-state index in [1.165, 1.54) is 24.3 Å². The molecule has 3 rings (SSSR count). The lowest BCUT2D eigenvalue weighted by Crippen LogP contribution is -2.26. The number of amides is 1. The van der Waals surface area contributed by atoms with Gasteiger partial charge in [0.15, 0.2) is 6.61 Å². The fourth-order valence-electron chi connectivity index (χ4n) is 2.90. The molecule has 0 heterocycles. The van der Waals surface area contributed by atoms with Gasteiger partial charge in [-0.15, -0.1) is 0 Å². The van der Waals surface area contributed by atoms with Crippen molar-refractivity contribution in [3.63, 3.8) is 0 Å². The fourth-order valence-corrected chi connectivity index (χ4v) is 4.31. The Kier molecular flexibility index (Phi) is 7.33. The van der Waals surface area contributed by atoms with Crippen LogP contribution in [0, 0.1) is 6.92 Å². The average molecular weight is 459 g/mol. The number of rotatable bonds is 8. The maximum atomic E-state index is 12.6. The first-order valence-electron chi connectivity index (χ1n) is 9.61. The fraction of sp³-hybridized carbons (Fsp3) is 0.174. The third-order valence-corrected chi connectivity index (χ3v) is 6.64. The maximum absolute atomic E-state index is 12.6. The molecule has 0 aliphatic rings. The molecule has 0 bridgehead atoms. The number of carbonyl (C=O) groups excluding carboxylic acids is 1. The number of hydrogen-bond acceptors (Lipinski definition) is 4. The van der Waals surface area contributed by atoms with Crippen molar-refractivity contribution >= 4 is 33.2 Å². The van der Waals surface area contributed by atoms with Gasteiger partial charge in [-0.25, -0.2) is 13.1 Å². The highest BCUT2D eigenvalue weighted by atomic mass is 35.5. The van der Waals surface area contributed by atoms with Crippen LogP contribution in [-0.2, 0) is 14.8 Å². The Morgan fingerprint density at radius 1 is 1.00 bits per heavy atom. The highest BCUT2D eigenvalue weighted by Crippen LogP contribution is 2.23. The molecule has 0 unspecified atom stereocenters. The predicted molar refractivity (Wildman–Crippen MR) is 122 cm³/mol. The third-order valence-electron chi connectivity index (χ3n) is 4.68. The van der Waals surface area contributed by atoms with Crippen molar-refractivity contribution < 1.29 is 17.9 Å². The molecule has 2 N–H and O–H groups in total. The molecular weight excluding hydrogens is 436 g/mol. The molecule has 0 fully saturated rings. The summed E-state index contributed by atoms with van der Waals surface area (Å²) in [5.41, 5.74) is 2.25. The van der Waals surface area contributed by atoms with E-state index >= 15 is 0 Å². The topological polar surface area (TPSA) is 84.5 Å². The van der Waals surface area contributed by atoms with Gasteiger partial charge in [0.25, 0.3) is 5.91 Å². The lowest BCUT2D eigenvalue weighted by molar-refractivity contribution is -0.118. The van der Waals surface area contributed by atoms with Gasteiger partial charge in [0.1, 0.15) is 5.75 Å². The van der Waals surface area contributed by atoms with Crippen molar-refractivity contribution in [1.82, 2.24) is 4.72 Å². The zero-order valence-corrected chi connectivity index (χ0v) is 18.7. The molecule has 6 nitrogen and oxygen atoms in total. The van der Waals surface area contributed by atoms with E-state index in [1.54, 1.807) is 25.1 Å². The number of anilines is 1. The van der Waals surface area contributed by atoms with E-state index in [2.05, 4.69) is 10.0 Å². The normalized spacial score (nSPS) is 12.2. The van der Waals surface area contributed by atoms with Crippen LogP contribution in [-0.4, -0.2) is 20.9 Å². The van der Waals surface area contributed by atoms with Crippen LogP contribution in [0.5, 0.6) is 5.75 Å². The van der Waals surface area contributed by atoms with E-state index in [0.717, 1.165) is 11.1 Å². The van der Waals surface area contributed by atoms with Crippen LogP contribution < -0.4 is 14.8 Å². The smallest absolute Gasteiger partial charge is 0.262 e. The first kappa shape index (κ1) is 22.8. The second kappa shape index (κ2) is 9.96. The second-order valence-corrected chi connectivity index (χ2v) is 9.10. The van der Waals surface area contributed by atoms with Crippen LogP contribution in [0.15, 0.2) is 77.7 Å². The largest absolute Gasteiger partial charge is 0.484 e. The maximum Gasteiger partial charge on any atom is 0.262 e. The Bertz CT molecular complexity index is 1150. The number of sulfonamides is 1. The van der Waals surface area contributed by atoms with Crippen molar-refractivity contribution in [2.24, 2.45) is 0 Å². The van der Waals surface area contributed by atoms with Gasteiger partial charge < -0.3 is 10.1 Å². The second-order valence-electron chi connectivity index (χ2n) is 6.97. The molecule has 3 aromatic carbocycles. The number of benzene rings is 3. The van der Waals surface area contributed by atoms with Gasteiger partial charge >= 0.3 is 0 Å². The molecule has 0 aromatic heterocycles. The van der Waals surface area contributed by atoms with Crippen molar-refractivity contribution in [3.8, 4) is 5.75 Å². The summed E-state index contributed by atoms with van der Waals surface area (Å²) in [7, 11) is -3.70. The van der Waals surface area contributed by atoms with Crippen molar-refractivity contribution in [1.29, 1.82) is 0 Å². The van der Waals surface area contributed by atoms with Gasteiger partial charge in [-0.3, -0.25) is 4.79 Å². The minimum absolute atomic E-state index is 0.113. The van der Waals surface area contributed by atoms with Crippen LogP contribution in [0.2, 0.25) is 5.02 Å². The van der Waals surface area contributed by atoms with Crippen molar-refractivity contribution in [3.05, 3.63) is 88.9 Å². The highest BCUT2D eigenvalue weighted by molar-refractivity contribution is 7.89. The standard InChI is InChI=1S/C23H23ClN2O4S/c1-16-21(24)9-6-10-22(16)25-23(27)15-30-19-11-13-20(14-12-19)31(28,29)26-17(2)18-7-4-3-5-8-18/h3-14,17,26H,15H2,1-2H3,(H,25,27)/t17-/m0/s1. The summed E-state index contributed by atoms with van der Waals surface area (Å²) < 4.78 is 33.4. The van der Waals surface area contributed by atoms with E-state index in [-0.39, 0.29) is 23.5 Å². The lowest BCUT2D eigenvalue weighted by Gasteiger charge is -2.15. The van der Waals surface area contributed by atoms with Crippen LogP contribution in [0.1, 0.15) is 24.1 Å². The summed E-state index contributed by atoms with van der Waals surface area (Å²) in [4.78, 5) is 12.3. The zero-order valence-electron chi connectivity index (χ0n) is 17.1. The molecule has 0 radical (unpaired) electrons. The Hall–Kier alpha value is -2.87. The van der Waals surface area contributed by atoms with Gasteiger partial charge in [-0.1, -0.05) is 48.0 Å². The van der Waals surface area contributed by atoms with Crippen molar-refractivity contribution in [2.75, 3.05) is 11.9 Å². The summed E-state index contributed by atoms with van der Waals surface area (Å²) >= 11 is 6.05. The molecule has 0 aliphatic carbocycles. The molecule has 0 saturated heterocycles. The SMILES string of the molecule is Cc1c(Cl)cccc1NC(=O)COc1ccc(S(=O)(=O)N[C@@H](C)c2ccccc2)cc1. The summed E-state index contributed by atoms with van der Waals surface area (Å²) in [5.74, 6) is 0.0356. The molecule has 162 valence electrons. The molecule has 0 spiro atoms. The minimum atomic E-state index is -3.70. The zero-order chi connectivity index (χ0) is 22.4. The van der Waals surface area contributed by atoms with Gasteiger partial charge in [-0.2, -0.15) is 0 Å².